The third-order valence-electron chi connectivity index (χ3n) is 5.43. The lowest BCUT2D eigenvalue weighted by atomic mass is 9.76. The Morgan fingerprint density at radius 2 is 1.95 bits per heavy atom. The van der Waals surface area contributed by atoms with E-state index in [9.17, 15) is 9.90 Å². The number of carboxylic acid groups (broad SMARTS) is 1. The number of fused-ring (bicyclic) bond motifs is 1. The maximum atomic E-state index is 11.7. The highest BCUT2D eigenvalue weighted by Crippen LogP contribution is 2.46. The number of anilines is 1. The maximum absolute atomic E-state index is 11.7. The summed E-state index contributed by atoms with van der Waals surface area (Å²) in [5.41, 5.74) is 1.74. The molecule has 1 aliphatic heterocycles. The van der Waals surface area contributed by atoms with Crippen molar-refractivity contribution in [3.05, 3.63) is 29.8 Å². The molecule has 0 spiro atoms. The van der Waals surface area contributed by atoms with E-state index in [-0.39, 0.29) is 5.92 Å². The number of para-hydroxylation sites is 1. The van der Waals surface area contributed by atoms with E-state index in [1.807, 2.05) is 19.9 Å². The fraction of sp³-hybridized carbons (Fsp3) is 0.611. The molecule has 0 saturated heterocycles. The van der Waals surface area contributed by atoms with Crippen molar-refractivity contribution in [2.75, 3.05) is 18.0 Å². The first-order valence-corrected chi connectivity index (χ1v) is 8.07. The molecule has 1 aromatic rings. The minimum Gasteiger partial charge on any atom is -0.481 e. The van der Waals surface area contributed by atoms with E-state index in [0.29, 0.717) is 0 Å². The molecular weight excluding hydrogens is 262 g/mol. The zero-order valence-electron chi connectivity index (χ0n) is 13.0. The quantitative estimate of drug-likeness (QED) is 0.913. The van der Waals surface area contributed by atoms with Gasteiger partial charge in [-0.1, -0.05) is 31.0 Å². The molecular formula is C18H25NO2. The van der Waals surface area contributed by atoms with Gasteiger partial charge in [-0.3, -0.25) is 4.79 Å². The van der Waals surface area contributed by atoms with Crippen LogP contribution in [0.1, 0.15) is 51.0 Å². The minimum atomic E-state index is -0.722. The number of rotatable bonds is 4. The average Bonchev–Trinajstić information content (AvgIpc) is 3.08. The van der Waals surface area contributed by atoms with Gasteiger partial charge in [-0.15, -0.1) is 0 Å². The molecule has 0 aromatic heterocycles. The van der Waals surface area contributed by atoms with E-state index in [4.69, 9.17) is 0 Å². The topological polar surface area (TPSA) is 40.5 Å². The molecule has 3 rings (SSSR count). The second-order valence-electron chi connectivity index (χ2n) is 7.19. The summed E-state index contributed by atoms with van der Waals surface area (Å²) in [6, 6.07) is 8.36. The van der Waals surface area contributed by atoms with E-state index in [1.165, 1.54) is 36.9 Å². The van der Waals surface area contributed by atoms with Gasteiger partial charge < -0.3 is 10.0 Å². The van der Waals surface area contributed by atoms with Crippen LogP contribution in [0.5, 0.6) is 0 Å². The van der Waals surface area contributed by atoms with Crippen LogP contribution in [0.15, 0.2) is 24.3 Å². The Hall–Kier alpha value is -1.51. The predicted molar refractivity (Wildman–Crippen MR) is 84.8 cm³/mol. The molecule has 1 fully saturated rings. The Morgan fingerprint density at radius 3 is 2.62 bits per heavy atom. The molecule has 2 aliphatic rings. The highest BCUT2D eigenvalue weighted by atomic mass is 16.4. The van der Waals surface area contributed by atoms with E-state index < -0.39 is 11.4 Å². The molecule has 0 amide bonds. The molecule has 1 atom stereocenters. The molecule has 1 N–H and O–H groups in total. The fourth-order valence-corrected chi connectivity index (χ4v) is 3.93. The monoisotopic (exact) mass is 287 g/mol. The first kappa shape index (κ1) is 14.4. The molecule has 3 heteroatoms. The van der Waals surface area contributed by atoms with Gasteiger partial charge in [0, 0.05) is 24.7 Å². The Morgan fingerprint density at radius 1 is 1.29 bits per heavy atom. The van der Waals surface area contributed by atoms with Crippen molar-refractivity contribution >= 4 is 11.7 Å². The second-order valence-corrected chi connectivity index (χ2v) is 7.19. The molecule has 3 nitrogen and oxygen atoms in total. The Balaban J connectivity index is 1.87. The summed E-state index contributed by atoms with van der Waals surface area (Å²) in [5, 5.41) is 9.58. The summed E-state index contributed by atoms with van der Waals surface area (Å²) >= 11 is 0. The number of benzene rings is 1. The van der Waals surface area contributed by atoms with Crippen LogP contribution in [0.4, 0.5) is 5.69 Å². The van der Waals surface area contributed by atoms with Crippen LogP contribution in [0.2, 0.25) is 0 Å². The smallest absolute Gasteiger partial charge is 0.309 e. The van der Waals surface area contributed by atoms with Crippen LogP contribution >= 0.6 is 0 Å². The number of nitrogens with zero attached hydrogens (tertiary/aromatic N) is 1. The average molecular weight is 287 g/mol. The Bertz CT molecular complexity index is 532. The van der Waals surface area contributed by atoms with Gasteiger partial charge in [0.25, 0.3) is 0 Å². The summed E-state index contributed by atoms with van der Waals surface area (Å²) in [6.45, 7) is 5.64. The zero-order chi connectivity index (χ0) is 15.0. The summed E-state index contributed by atoms with van der Waals surface area (Å²) in [4.78, 5) is 14.1. The summed E-state index contributed by atoms with van der Waals surface area (Å²) in [6.07, 6.45) is 5.35. The van der Waals surface area contributed by atoms with Crippen molar-refractivity contribution in [2.24, 2.45) is 11.3 Å². The molecule has 21 heavy (non-hydrogen) atoms. The lowest BCUT2D eigenvalue weighted by Gasteiger charge is -2.29. The van der Waals surface area contributed by atoms with Gasteiger partial charge in [-0.05, 0) is 44.2 Å². The van der Waals surface area contributed by atoms with Crippen LogP contribution < -0.4 is 4.90 Å². The predicted octanol–water partition coefficient (Wildman–Crippen LogP) is 3.89. The highest BCUT2D eigenvalue weighted by molar-refractivity contribution is 5.77. The molecule has 1 unspecified atom stereocenters. The van der Waals surface area contributed by atoms with Crippen LogP contribution in [-0.4, -0.2) is 24.2 Å². The summed E-state index contributed by atoms with van der Waals surface area (Å²) in [5.74, 6) is 0.155. The van der Waals surface area contributed by atoms with Crippen LogP contribution in [-0.2, 0) is 4.79 Å². The number of hydrogen-bond acceptors (Lipinski definition) is 2. The van der Waals surface area contributed by atoms with Gasteiger partial charge >= 0.3 is 5.97 Å². The lowest BCUT2D eigenvalue weighted by Crippen LogP contribution is -2.35. The molecule has 1 aromatic carbocycles. The van der Waals surface area contributed by atoms with Gasteiger partial charge in [0.1, 0.15) is 0 Å². The molecule has 0 bridgehead atoms. The van der Waals surface area contributed by atoms with Crippen LogP contribution in [0.3, 0.4) is 0 Å². The summed E-state index contributed by atoms with van der Waals surface area (Å²) in [7, 11) is 0. The lowest BCUT2D eigenvalue weighted by molar-refractivity contribution is -0.148. The normalized spacial score (nSPS) is 22.6. The molecule has 1 heterocycles. The van der Waals surface area contributed by atoms with Gasteiger partial charge in [-0.2, -0.15) is 0 Å². The molecule has 1 aliphatic carbocycles. The van der Waals surface area contributed by atoms with Gasteiger partial charge in [0.15, 0.2) is 0 Å². The van der Waals surface area contributed by atoms with Crippen molar-refractivity contribution in [1.82, 2.24) is 0 Å². The minimum absolute atomic E-state index is 0.0765. The van der Waals surface area contributed by atoms with Crippen molar-refractivity contribution in [2.45, 2.75) is 45.4 Å². The largest absolute Gasteiger partial charge is 0.481 e. The van der Waals surface area contributed by atoms with Gasteiger partial charge in [0.05, 0.1) is 5.41 Å². The van der Waals surface area contributed by atoms with Crippen LogP contribution in [0, 0.1) is 11.3 Å². The third-order valence-corrected chi connectivity index (χ3v) is 5.43. The van der Waals surface area contributed by atoms with Gasteiger partial charge in [-0.25, -0.2) is 0 Å². The van der Waals surface area contributed by atoms with Crippen LogP contribution in [0.25, 0.3) is 0 Å². The Kier molecular flexibility index (Phi) is 3.68. The highest BCUT2D eigenvalue weighted by Gasteiger charge is 2.43. The second kappa shape index (κ2) is 5.36. The van der Waals surface area contributed by atoms with Crippen molar-refractivity contribution in [3.8, 4) is 0 Å². The SMILES string of the molecule is CC(C)(C(=O)O)C1CN(CC2CCCC2)c2ccccc21. The fourth-order valence-electron chi connectivity index (χ4n) is 3.93. The van der Waals surface area contributed by atoms with E-state index in [1.54, 1.807) is 0 Å². The van der Waals surface area contributed by atoms with E-state index in [0.717, 1.165) is 19.0 Å². The number of carboxylic acids is 1. The first-order chi connectivity index (χ1) is 10.00. The van der Waals surface area contributed by atoms with E-state index >= 15 is 0 Å². The maximum Gasteiger partial charge on any atom is 0.309 e. The standard InChI is InChI=1S/C18H25NO2/c1-18(2,17(20)21)15-12-19(11-13-7-3-4-8-13)16-10-6-5-9-14(15)16/h5-6,9-10,13,15H,3-4,7-8,11-12H2,1-2H3,(H,20,21). The Labute approximate surface area is 127 Å². The molecule has 0 radical (unpaired) electrons. The van der Waals surface area contributed by atoms with E-state index in [2.05, 4.69) is 23.1 Å². The molecule has 1 saturated carbocycles. The van der Waals surface area contributed by atoms with Crippen molar-refractivity contribution in [1.29, 1.82) is 0 Å². The number of carbonyl (C=O) groups is 1. The van der Waals surface area contributed by atoms with Crippen molar-refractivity contribution < 1.29 is 9.90 Å². The zero-order valence-corrected chi connectivity index (χ0v) is 13.0. The number of hydrogen-bond donors (Lipinski definition) is 1. The number of aliphatic carboxylic acids is 1. The summed E-state index contributed by atoms with van der Waals surface area (Å²) < 4.78 is 0. The third kappa shape index (κ3) is 2.54. The molecule has 114 valence electrons. The first-order valence-electron chi connectivity index (χ1n) is 8.07. The van der Waals surface area contributed by atoms with Crippen molar-refractivity contribution in [3.63, 3.8) is 0 Å². The van der Waals surface area contributed by atoms with Gasteiger partial charge in [0.2, 0.25) is 0 Å².